The van der Waals surface area contributed by atoms with Crippen molar-refractivity contribution in [3.05, 3.63) is 29.8 Å². The fourth-order valence-electron chi connectivity index (χ4n) is 2.12. The molecule has 1 aromatic carbocycles. The molecule has 4 heteroatoms. The van der Waals surface area contributed by atoms with Crippen molar-refractivity contribution in [2.24, 2.45) is 0 Å². The van der Waals surface area contributed by atoms with Gasteiger partial charge in [-0.3, -0.25) is 0 Å². The second-order valence-corrected chi connectivity index (χ2v) is 6.12. The van der Waals surface area contributed by atoms with Crippen LogP contribution in [0, 0.1) is 0 Å². The molecule has 0 spiro atoms. The van der Waals surface area contributed by atoms with Gasteiger partial charge in [-0.25, -0.2) is 0 Å². The Morgan fingerprint density at radius 2 is 2.21 bits per heavy atom. The Kier molecular flexibility index (Phi) is 6.71. The van der Waals surface area contributed by atoms with Crippen molar-refractivity contribution in [1.29, 1.82) is 0 Å². The zero-order valence-corrected chi connectivity index (χ0v) is 12.4. The summed E-state index contributed by atoms with van der Waals surface area (Å²) in [6.07, 6.45) is 2.34. The van der Waals surface area contributed by atoms with Crippen LogP contribution in [0.2, 0.25) is 0 Å². The van der Waals surface area contributed by atoms with Gasteiger partial charge in [-0.05, 0) is 30.5 Å². The lowest BCUT2D eigenvalue weighted by molar-refractivity contribution is 0.100. The van der Waals surface area contributed by atoms with Crippen LogP contribution in [-0.2, 0) is 16.0 Å². The van der Waals surface area contributed by atoms with Crippen molar-refractivity contribution in [1.82, 2.24) is 5.32 Å². The Hall–Kier alpha value is -0.550. The van der Waals surface area contributed by atoms with Gasteiger partial charge in [0.05, 0.1) is 6.61 Å². The lowest BCUT2D eigenvalue weighted by atomic mass is 10.2. The maximum atomic E-state index is 5.40. The van der Waals surface area contributed by atoms with Crippen molar-refractivity contribution in [2.75, 3.05) is 33.5 Å². The molecule has 0 aromatic heterocycles. The molecule has 1 aromatic rings. The number of thioether (sulfide) groups is 1. The van der Waals surface area contributed by atoms with Crippen molar-refractivity contribution in [3.8, 4) is 0 Å². The van der Waals surface area contributed by atoms with Gasteiger partial charge < -0.3 is 14.8 Å². The SMILES string of the molecule is COCCNCc1cccc(SC2CCOCC2)c1. The predicted molar refractivity (Wildman–Crippen MR) is 79.7 cm³/mol. The molecule has 106 valence electrons. The Bertz CT molecular complexity index is 367. The Balaban J connectivity index is 1.80. The second kappa shape index (κ2) is 8.59. The average molecular weight is 281 g/mol. The highest BCUT2D eigenvalue weighted by Crippen LogP contribution is 2.30. The Morgan fingerprint density at radius 1 is 1.37 bits per heavy atom. The summed E-state index contributed by atoms with van der Waals surface area (Å²) in [5, 5.41) is 4.09. The van der Waals surface area contributed by atoms with Crippen molar-refractivity contribution in [3.63, 3.8) is 0 Å². The molecular weight excluding hydrogens is 258 g/mol. The summed E-state index contributed by atoms with van der Waals surface area (Å²) in [7, 11) is 1.73. The lowest BCUT2D eigenvalue weighted by Crippen LogP contribution is -2.18. The molecular formula is C15H23NO2S. The number of benzene rings is 1. The molecule has 1 saturated heterocycles. The maximum absolute atomic E-state index is 5.40. The molecule has 3 nitrogen and oxygen atoms in total. The topological polar surface area (TPSA) is 30.5 Å². The molecule has 1 aliphatic rings. The van der Waals surface area contributed by atoms with Crippen molar-refractivity contribution >= 4 is 11.8 Å². The summed E-state index contributed by atoms with van der Waals surface area (Å²) in [5.41, 5.74) is 1.34. The molecule has 19 heavy (non-hydrogen) atoms. The summed E-state index contributed by atoms with van der Waals surface area (Å²) in [4.78, 5) is 1.37. The van der Waals surface area contributed by atoms with E-state index in [4.69, 9.17) is 9.47 Å². The molecule has 0 atom stereocenters. The third-order valence-electron chi connectivity index (χ3n) is 3.18. The van der Waals surface area contributed by atoms with Crippen LogP contribution in [0.5, 0.6) is 0 Å². The first-order valence-corrected chi connectivity index (χ1v) is 7.79. The minimum Gasteiger partial charge on any atom is -0.383 e. The third-order valence-corrected chi connectivity index (χ3v) is 4.51. The van der Waals surface area contributed by atoms with Gasteiger partial charge in [-0.15, -0.1) is 11.8 Å². The monoisotopic (exact) mass is 281 g/mol. The smallest absolute Gasteiger partial charge is 0.0587 e. The molecule has 2 rings (SSSR count). The number of methoxy groups -OCH3 is 1. The van der Waals surface area contributed by atoms with E-state index in [-0.39, 0.29) is 0 Å². The summed E-state index contributed by atoms with van der Waals surface area (Å²) in [5.74, 6) is 0. The zero-order chi connectivity index (χ0) is 13.3. The zero-order valence-electron chi connectivity index (χ0n) is 11.6. The van der Waals surface area contributed by atoms with E-state index in [0.717, 1.165) is 32.9 Å². The van der Waals surface area contributed by atoms with E-state index in [1.807, 2.05) is 11.8 Å². The standard InChI is InChI=1S/C15H23NO2S/c1-17-10-7-16-12-13-3-2-4-15(11-13)19-14-5-8-18-9-6-14/h2-4,11,14,16H,5-10,12H2,1H3. The van der Waals surface area contributed by atoms with Crippen LogP contribution in [0.25, 0.3) is 0 Å². The van der Waals surface area contributed by atoms with Crippen LogP contribution >= 0.6 is 11.8 Å². The highest BCUT2D eigenvalue weighted by molar-refractivity contribution is 8.00. The van der Waals surface area contributed by atoms with Crippen molar-refractivity contribution < 1.29 is 9.47 Å². The van der Waals surface area contributed by atoms with Gasteiger partial charge in [0, 0.05) is 43.6 Å². The van der Waals surface area contributed by atoms with Crippen LogP contribution in [0.15, 0.2) is 29.2 Å². The van der Waals surface area contributed by atoms with Gasteiger partial charge in [0.2, 0.25) is 0 Å². The van der Waals surface area contributed by atoms with E-state index in [1.54, 1.807) is 7.11 Å². The van der Waals surface area contributed by atoms with E-state index in [9.17, 15) is 0 Å². The van der Waals surface area contributed by atoms with Crippen LogP contribution < -0.4 is 5.32 Å². The van der Waals surface area contributed by atoms with Gasteiger partial charge in [-0.2, -0.15) is 0 Å². The fourth-order valence-corrected chi connectivity index (χ4v) is 3.31. The van der Waals surface area contributed by atoms with Crippen LogP contribution in [0.1, 0.15) is 18.4 Å². The van der Waals surface area contributed by atoms with Gasteiger partial charge in [-0.1, -0.05) is 12.1 Å². The van der Waals surface area contributed by atoms with E-state index in [0.29, 0.717) is 5.25 Å². The Labute approximate surface area is 120 Å². The molecule has 0 saturated carbocycles. The fraction of sp³-hybridized carbons (Fsp3) is 0.600. The first-order chi connectivity index (χ1) is 9.38. The molecule has 0 amide bonds. The number of nitrogens with one attached hydrogen (secondary N) is 1. The van der Waals surface area contributed by atoms with Crippen LogP contribution in [-0.4, -0.2) is 38.7 Å². The summed E-state index contributed by atoms with van der Waals surface area (Å²) < 4.78 is 10.4. The molecule has 0 aliphatic carbocycles. The van der Waals surface area contributed by atoms with Gasteiger partial charge in [0.25, 0.3) is 0 Å². The lowest BCUT2D eigenvalue weighted by Gasteiger charge is -2.21. The second-order valence-electron chi connectivity index (χ2n) is 4.75. The molecule has 1 aliphatic heterocycles. The number of rotatable bonds is 7. The van der Waals surface area contributed by atoms with Gasteiger partial charge >= 0.3 is 0 Å². The number of hydrogen-bond donors (Lipinski definition) is 1. The highest BCUT2D eigenvalue weighted by Gasteiger charge is 2.14. The third kappa shape index (κ3) is 5.53. The molecule has 0 unspecified atom stereocenters. The first kappa shape index (κ1) is 14.9. The summed E-state index contributed by atoms with van der Waals surface area (Å²) >= 11 is 1.99. The molecule has 1 N–H and O–H groups in total. The van der Waals surface area contributed by atoms with E-state index in [1.165, 1.54) is 23.3 Å². The van der Waals surface area contributed by atoms with Crippen LogP contribution in [0.4, 0.5) is 0 Å². The largest absolute Gasteiger partial charge is 0.383 e. The van der Waals surface area contributed by atoms with E-state index < -0.39 is 0 Å². The maximum Gasteiger partial charge on any atom is 0.0587 e. The quantitative estimate of drug-likeness (QED) is 0.779. The first-order valence-electron chi connectivity index (χ1n) is 6.91. The minimum atomic E-state index is 0.713. The molecule has 1 heterocycles. The summed E-state index contributed by atoms with van der Waals surface area (Å²) in [6, 6.07) is 8.82. The normalized spacial score (nSPS) is 16.7. The molecule has 1 fully saturated rings. The molecule has 0 radical (unpaired) electrons. The predicted octanol–water partition coefficient (Wildman–Crippen LogP) is 2.69. The molecule has 0 bridgehead atoms. The highest BCUT2D eigenvalue weighted by atomic mass is 32.2. The average Bonchev–Trinajstić information content (AvgIpc) is 2.45. The summed E-state index contributed by atoms with van der Waals surface area (Å²) in [6.45, 7) is 4.39. The van der Waals surface area contributed by atoms with E-state index >= 15 is 0 Å². The minimum absolute atomic E-state index is 0.713. The van der Waals surface area contributed by atoms with E-state index in [2.05, 4.69) is 29.6 Å². The van der Waals surface area contributed by atoms with Crippen LogP contribution in [0.3, 0.4) is 0 Å². The van der Waals surface area contributed by atoms with Crippen molar-refractivity contribution in [2.45, 2.75) is 29.5 Å². The number of hydrogen-bond acceptors (Lipinski definition) is 4. The Morgan fingerprint density at radius 3 is 3.00 bits per heavy atom. The van der Waals surface area contributed by atoms with Gasteiger partial charge in [0.1, 0.15) is 0 Å². The van der Waals surface area contributed by atoms with Gasteiger partial charge in [0.15, 0.2) is 0 Å². The number of ether oxygens (including phenoxy) is 2.